The van der Waals surface area contributed by atoms with Crippen molar-refractivity contribution in [2.24, 2.45) is 0 Å². The number of halogens is 2. The number of amides is 1. The predicted molar refractivity (Wildman–Crippen MR) is 148 cm³/mol. The summed E-state index contributed by atoms with van der Waals surface area (Å²) in [6.45, 7) is 3.87. The van der Waals surface area contributed by atoms with Crippen molar-refractivity contribution in [3.05, 3.63) is 109 Å². The van der Waals surface area contributed by atoms with Gasteiger partial charge in [-0.1, -0.05) is 53.8 Å². The van der Waals surface area contributed by atoms with Crippen molar-refractivity contribution in [2.45, 2.75) is 20.4 Å². The molecule has 1 aliphatic rings. The number of hydrogen-bond donors (Lipinski definition) is 0. The highest BCUT2D eigenvalue weighted by Gasteiger charge is 2.33. The number of carbonyl (C=O) groups excluding carboxylic acids is 1. The Morgan fingerprint density at radius 2 is 1.86 bits per heavy atom. The van der Waals surface area contributed by atoms with E-state index in [0.29, 0.717) is 20.7 Å². The molecule has 2 aromatic carbocycles. The smallest absolute Gasteiger partial charge is 0.269 e. The molecular weight excluding hydrogens is 533 g/mol. The number of hydrogen-bond acceptors (Lipinski definition) is 6. The molecule has 10 heteroatoms. The average Bonchev–Trinajstić information content (AvgIpc) is 3.13. The molecule has 0 atom stereocenters. The van der Waals surface area contributed by atoms with Crippen LogP contribution in [0.3, 0.4) is 0 Å². The fourth-order valence-electron chi connectivity index (χ4n) is 3.83. The van der Waals surface area contributed by atoms with Crippen LogP contribution >= 0.6 is 35.6 Å². The van der Waals surface area contributed by atoms with Gasteiger partial charge in [-0.3, -0.25) is 18.9 Å². The first-order valence-corrected chi connectivity index (χ1v) is 12.8. The largest absolute Gasteiger partial charge is 0.438 e. The minimum absolute atomic E-state index is 0.0600. The summed E-state index contributed by atoms with van der Waals surface area (Å²) in [5.74, 6) is -0.214. The van der Waals surface area contributed by atoms with E-state index >= 15 is 0 Å². The Kier molecular flexibility index (Phi) is 6.85. The van der Waals surface area contributed by atoms with E-state index < -0.39 is 5.56 Å². The third-order valence-electron chi connectivity index (χ3n) is 5.80. The maximum Gasteiger partial charge on any atom is 0.269 e. The minimum atomic E-state index is -0.391. The number of thiocarbonyl (C=S) groups is 1. The summed E-state index contributed by atoms with van der Waals surface area (Å²) in [5.41, 5.74) is 2.47. The normalized spacial score (nSPS) is 14.7. The van der Waals surface area contributed by atoms with Gasteiger partial charge in [0.2, 0.25) is 5.88 Å². The number of rotatable bonds is 5. The fourth-order valence-corrected chi connectivity index (χ4v) is 5.18. The lowest BCUT2D eigenvalue weighted by Crippen LogP contribution is -2.27. The van der Waals surface area contributed by atoms with Gasteiger partial charge in [0.05, 0.1) is 11.4 Å². The quantitative estimate of drug-likeness (QED) is 0.214. The summed E-state index contributed by atoms with van der Waals surface area (Å²) in [4.78, 5) is 33.1. The van der Waals surface area contributed by atoms with Crippen molar-refractivity contribution in [3.63, 3.8) is 0 Å². The van der Waals surface area contributed by atoms with Gasteiger partial charge >= 0.3 is 0 Å². The lowest BCUT2D eigenvalue weighted by molar-refractivity contribution is -0.122. The molecule has 1 aliphatic heterocycles. The lowest BCUT2D eigenvalue weighted by atomic mass is 10.2. The van der Waals surface area contributed by atoms with Crippen molar-refractivity contribution in [1.82, 2.24) is 14.3 Å². The first kappa shape index (κ1) is 25.1. The van der Waals surface area contributed by atoms with Crippen molar-refractivity contribution >= 4 is 57.5 Å². The Labute approximate surface area is 226 Å². The summed E-state index contributed by atoms with van der Waals surface area (Å²) in [5, 5.41) is 0.583. The summed E-state index contributed by atoms with van der Waals surface area (Å²) < 4.78 is 21.1. The van der Waals surface area contributed by atoms with Gasteiger partial charge in [0.1, 0.15) is 27.1 Å². The zero-order chi connectivity index (χ0) is 26.3. The number of aromatic nitrogens is 2. The second kappa shape index (κ2) is 10.1. The second-order valence-electron chi connectivity index (χ2n) is 8.43. The summed E-state index contributed by atoms with van der Waals surface area (Å²) in [7, 11) is 0. The highest BCUT2D eigenvalue weighted by Crippen LogP contribution is 2.35. The van der Waals surface area contributed by atoms with E-state index in [9.17, 15) is 14.0 Å². The first-order valence-electron chi connectivity index (χ1n) is 11.2. The van der Waals surface area contributed by atoms with E-state index in [1.165, 1.54) is 27.5 Å². The lowest BCUT2D eigenvalue weighted by Gasteiger charge is -2.14. The van der Waals surface area contributed by atoms with Crippen molar-refractivity contribution in [2.75, 3.05) is 0 Å². The van der Waals surface area contributed by atoms with Crippen LogP contribution in [0, 0.1) is 19.7 Å². The molecule has 1 saturated heterocycles. The number of carbonyl (C=O) groups is 1. The van der Waals surface area contributed by atoms with Crippen LogP contribution in [0.5, 0.6) is 11.6 Å². The van der Waals surface area contributed by atoms with E-state index in [-0.39, 0.29) is 34.6 Å². The molecule has 0 radical (unpaired) electrons. The highest BCUT2D eigenvalue weighted by molar-refractivity contribution is 8.26. The first-order chi connectivity index (χ1) is 17.7. The Hall–Kier alpha value is -3.53. The van der Waals surface area contributed by atoms with Gasteiger partial charge in [-0.05, 0) is 73.0 Å². The number of nitrogens with zero attached hydrogens (tertiary/aromatic N) is 3. The number of fused-ring (bicyclic) bond motifs is 1. The van der Waals surface area contributed by atoms with Crippen LogP contribution in [0.4, 0.5) is 4.39 Å². The average molecular weight is 552 g/mol. The molecule has 0 unspecified atom stereocenters. The zero-order valence-electron chi connectivity index (χ0n) is 19.7. The molecule has 0 saturated carbocycles. The van der Waals surface area contributed by atoms with E-state index in [1.54, 1.807) is 42.6 Å². The van der Waals surface area contributed by atoms with Crippen LogP contribution in [0.25, 0.3) is 11.7 Å². The number of thioether (sulfide) groups is 1. The molecule has 3 heterocycles. The van der Waals surface area contributed by atoms with Crippen LogP contribution in [-0.2, 0) is 11.3 Å². The van der Waals surface area contributed by atoms with Crippen LogP contribution in [0.15, 0.2) is 70.5 Å². The van der Waals surface area contributed by atoms with Crippen molar-refractivity contribution in [1.29, 1.82) is 0 Å². The molecule has 186 valence electrons. The van der Waals surface area contributed by atoms with Crippen LogP contribution in [-0.4, -0.2) is 24.5 Å². The number of ether oxygens (including phenoxy) is 1. The number of pyridine rings is 1. The third kappa shape index (κ3) is 5.02. The van der Waals surface area contributed by atoms with E-state index in [2.05, 4.69) is 4.98 Å². The van der Waals surface area contributed by atoms with Gasteiger partial charge in [0.15, 0.2) is 0 Å². The Morgan fingerprint density at radius 1 is 1.11 bits per heavy atom. The fraction of sp³-hybridized carbons (Fsp3) is 0.111. The molecule has 37 heavy (non-hydrogen) atoms. The summed E-state index contributed by atoms with van der Waals surface area (Å²) in [6.07, 6.45) is 3.08. The van der Waals surface area contributed by atoms with Gasteiger partial charge in [-0.25, -0.2) is 4.39 Å². The molecule has 1 amide bonds. The Bertz CT molecular complexity index is 1670. The van der Waals surface area contributed by atoms with Gasteiger partial charge in [0.25, 0.3) is 11.5 Å². The third-order valence-corrected chi connectivity index (χ3v) is 7.60. The molecule has 0 N–H and O–H groups in total. The Morgan fingerprint density at radius 3 is 2.59 bits per heavy atom. The molecule has 0 aliphatic carbocycles. The SMILES string of the molecule is Cc1cc(Oc2nc3c(C)cccn3c(=O)c2/C=C2/SC(=S)N(Cc3ccc(F)cc3)C2=O)ccc1Cl. The molecule has 0 bridgehead atoms. The van der Waals surface area contributed by atoms with Gasteiger partial charge in [-0.2, -0.15) is 4.98 Å². The van der Waals surface area contributed by atoms with E-state index in [4.69, 9.17) is 28.6 Å². The number of aryl methyl sites for hydroxylation is 2. The molecule has 6 nitrogen and oxygen atoms in total. The minimum Gasteiger partial charge on any atom is -0.438 e. The monoisotopic (exact) mass is 551 g/mol. The molecule has 4 aromatic rings. The Balaban J connectivity index is 1.58. The number of benzene rings is 2. The predicted octanol–water partition coefficient (Wildman–Crippen LogP) is 6.30. The molecular formula is C27H19ClFN3O3S2. The zero-order valence-corrected chi connectivity index (χ0v) is 22.1. The standard InChI is InChI=1S/C27H19ClFN3O3S2/c1-15-4-3-11-31-23(15)30-24(35-19-9-10-21(28)16(2)12-19)20(25(31)33)13-22-26(34)32(27(36)37-22)14-17-5-7-18(29)8-6-17/h3-13H,14H2,1-2H3/b22-13+. The van der Waals surface area contributed by atoms with Gasteiger partial charge < -0.3 is 4.74 Å². The second-order valence-corrected chi connectivity index (χ2v) is 10.5. The van der Waals surface area contributed by atoms with Crippen molar-refractivity contribution < 1.29 is 13.9 Å². The van der Waals surface area contributed by atoms with Crippen LogP contribution in [0.2, 0.25) is 5.02 Å². The van der Waals surface area contributed by atoms with E-state index in [0.717, 1.165) is 28.5 Å². The van der Waals surface area contributed by atoms with E-state index in [1.807, 2.05) is 19.9 Å². The highest BCUT2D eigenvalue weighted by atomic mass is 35.5. The molecule has 2 aromatic heterocycles. The maximum atomic E-state index is 13.6. The maximum absolute atomic E-state index is 13.6. The van der Waals surface area contributed by atoms with Gasteiger partial charge in [0, 0.05) is 11.2 Å². The van der Waals surface area contributed by atoms with Crippen LogP contribution in [0.1, 0.15) is 22.3 Å². The van der Waals surface area contributed by atoms with Crippen molar-refractivity contribution in [3.8, 4) is 11.6 Å². The molecule has 0 spiro atoms. The molecule has 1 fully saturated rings. The molecule has 5 rings (SSSR count). The van der Waals surface area contributed by atoms with Gasteiger partial charge in [-0.15, -0.1) is 0 Å². The summed E-state index contributed by atoms with van der Waals surface area (Å²) in [6, 6.07) is 14.6. The van der Waals surface area contributed by atoms with Crippen LogP contribution < -0.4 is 10.3 Å². The topological polar surface area (TPSA) is 63.9 Å². The summed E-state index contributed by atoms with van der Waals surface area (Å²) >= 11 is 12.7.